The number of halogens is 5. The van der Waals surface area contributed by atoms with Gasteiger partial charge in [0.25, 0.3) is 0 Å². The Labute approximate surface area is 74.5 Å². The number of rotatable bonds is 1. The summed E-state index contributed by atoms with van der Waals surface area (Å²) in [6.45, 7) is 0. The van der Waals surface area contributed by atoms with Crippen molar-refractivity contribution in [3.05, 3.63) is 23.8 Å². The van der Waals surface area contributed by atoms with Crippen LogP contribution in [0.3, 0.4) is 0 Å². The zero-order chi connectivity index (χ0) is 10.9. The molecule has 7 heteroatoms. The average molecular weight is 214 g/mol. The fourth-order valence-corrected chi connectivity index (χ4v) is 0.725. The minimum absolute atomic E-state index is 0.473. The van der Waals surface area contributed by atoms with E-state index in [9.17, 15) is 22.0 Å². The first kappa shape index (κ1) is 10.6. The molecule has 0 unspecified atom stereocenters. The van der Waals surface area contributed by atoms with E-state index in [0.29, 0.717) is 12.1 Å². The smallest absolute Gasteiger partial charge is 0.505 e. The summed E-state index contributed by atoms with van der Waals surface area (Å²) < 4.78 is 63.0. The Morgan fingerprint density at radius 3 is 2.14 bits per heavy atom. The summed E-state index contributed by atoms with van der Waals surface area (Å²) in [6, 6.07) is 1.03. The molecule has 14 heavy (non-hydrogen) atoms. The first-order chi connectivity index (χ1) is 6.31. The van der Waals surface area contributed by atoms with Gasteiger partial charge in [-0.25, -0.2) is 0 Å². The lowest BCUT2D eigenvalue weighted by molar-refractivity contribution is -0.275. The monoisotopic (exact) mass is 214 g/mol. The van der Waals surface area contributed by atoms with Gasteiger partial charge in [-0.1, -0.05) is 0 Å². The van der Waals surface area contributed by atoms with Gasteiger partial charge in [-0.05, 0) is 12.1 Å². The van der Waals surface area contributed by atoms with E-state index in [2.05, 4.69) is 4.74 Å². The van der Waals surface area contributed by atoms with Crippen LogP contribution in [-0.4, -0.2) is 11.5 Å². The third kappa shape index (κ3) is 2.24. The molecule has 1 N–H and O–H groups in total. The number of aromatic hydroxyl groups is 1. The molecule has 2 nitrogen and oxygen atoms in total. The van der Waals surface area contributed by atoms with Gasteiger partial charge >= 0.3 is 6.36 Å². The van der Waals surface area contributed by atoms with Crippen molar-refractivity contribution in [3.8, 4) is 11.5 Å². The van der Waals surface area contributed by atoms with E-state index in [1.165, 1.54) is 0 Å². The van der Waals surface area contributed by atoms with E-state index >= 15 is 0 Å². The molecule has 1 rings (SSSR count). The van der Waals surface area contributed by atoms with Crippen molar-refractivity contribution in [2.24, 2.45) is 0 Å². The van der Waals surface area contributed by atoms with E-state index < -0.39 is 29.5 Å². The van der Waals surface area contributed by atoms with Gasteiger partial charge in [0.1, 0.15) is 0 Å². The second kappa shape index (κ2) is 3.32. The van der Waals surface area contributed by atoms with Gasteiger partial charge in [-0.2, -0.15) is 8.78 Å². The molecule has 0 atom stereocenters. The maximum atomic E-state index is 12.6. The summed E-state index contributed by atoms with van der Waals surface area (Å²) in [6.07, 6.45) is -5.11. The molecule has 1 aromatic carbocycles. The van der Waals surface area contributed by atoms with Crippen LogP contribution in [0.2, 0.25) is 0 Å². The normalized spacial score (nSPS) is 11.5. The number of phenols is 1. The van der Waals surface area contributed by atoms with E-state index in [4.69, 9.17) is 5.11 Å². The molecular weight excluding hydrogens is 211 g/mol. The summed E-state index contributed by atoms with van der Waals surface area (Å²) in [5.41, 5.74) is 0. The molecule has 0 spiro atoms. The van der Waals surface area contributed by atoms with E-state index in [1.54, 1.807) is 0 Å². The van der Waals surface area contributed by atoms with Gasteiger partial charge in [0.15, 0.2) is 11.5 Å². The fourth-order valence-electron chi connectivity index (χ4n) is 0.725. The molecular formula is C7H3F5O2. The van der Waals surface area contributed by atoms with Crippen LogP contribution in [0.15, 0.2) is 12.1 Å². The van der Waals surface area contributed by atoms with Crippen molar-refractivity contribution in [1.29, 1.82) is 0 Å². The maximum absolute atomic E-state index is 12.6. The van der Waals surface area contributed by atoms with E-state index in [0.717, 1.165) is 0 Å². The predicted octanol–water partition coefficient (Wildman–Crippen LogP) is 2.57. The highest BCUT2D eigenvalue weighted by atomic mass is 19.4. The molecule has 0 aromatic heterocycles. The van der Waals surface area contributed by atoms with Crippen LogP contribution >= 0.6 is 0 Å². The average Bonchev–Trinajstić information content (AvgIpc) is 2.04. The largest absolute Gasteiger partial charge is 0.573 e. The van der Waals surface area contributed by atoms with Crippen LogP contribution in [0.25, 0.3) is 0 Å². The minimum atomic E-state index is -5.11. The van der Waals surface area contributed by atoms with E-state index in [-0.39, 0.29) is 0 Å². The molecule has 0 fully saturated rings. The third-order valence-electron chi connectivity index (χ3n) is 1.25. The Morgan fingerprint density at radius 1 is 1.07 bits per heavy atom. The Morgan fingerprint density at radius 2 is 1.64 bits per heavy atom. The van der Waals surface area contributed by atoms with Gasteiger partial charge in [-0.15, -0.1) is 13.2 Å². The number of alkyl halides is 3. The first-order valence-corrected chi connectivity index (χ1v) is 3.24. The fraction of sp³-hybridized carbons (Fsp3) is 0.143. The predicted molar refractivity (Wildman–Crippen MR) is 34.7 cm³/mol. The van der Waals surface area contributed by atoms with Gasteiger partial charge in [-0.3, -0.25) is 0 Å². The number of benzene rings is 1. The Hall–Kier alpha value is -1.53. The molecule has 0 heterocycles. The summed E-state index contributed by atoms with van der Waals surface area (Å²) in [5.74, 6) is -6.08. The molecule has 0 aliphatic heterocycles. The van der Waals surface area contributed by atoms with Crippen molar-refractivity contribution >= 4 is 0 Å². The van der Waals surface area contributed by atoms with Crippen LogP contribution in [0.1, 0.15) is 0 Å². The molecule has 0 saturated carbocycles. The number of phenolic OH excluding ortho intramolecular Hbond substituents is 1. The maximum Gasteiger partial charge on any atom is 0.573 e. The molecule has 0 bridgehead atoms. The summed E-state index contributed by atoms with van der Waals surface area (Å²) >= 11 is 0. The lowest BCUT2D eigenvalue weighted by atomic mass is 10.3. The number of hydrogen-bond acceptors (Lipinski definition) is 2. The molecule has 0 saturated heterocycles. The second-order valence-corrected chi connectivity index (χ2v) is 2.26. The third-order valence-corrected chi connectivity index (χ3v) is 1.25. The van der Waals surface area contributed by atoms with Crippen molar-refractivity contribution < 1.29 is 31.8 Å². The zero-order valence-corrected chi connectivity index (χ0v) is 6.40. The summed E-state index contributed by atoms with van der Waals surface area (Å²) in [5, 5.41) is 8.57. The summed E-state index contributed by atoms with van der Waals surface area (Å²) in [4.78, 5) is 0. The highest BCUT2D eigenvalue weighted by molar-refractivity contribution is 5.34. The van der Waals surface area contributed by atoms with Gasteiger partial charge in [0.2, 0.25) is 11.6 Å². The van der Waals surface area contributed by atoms with Crippen LogP contribution in [0, 0.1) is 11.6 Å². The number of ether oxygens (including phenoxy) is 1. The minimum Gasteiger partial charge on any atom is -0.505 e. The van der Waals surface area contributed by atoms with Crippen LogP contribution < -0.4 is 4.74 Å². The molecule has 0 aliphatic carbocycles. The topological polar surface area (TPSA) is 29.5 Å². The van der Waals surface area contributed by atoms with E-state index in [1.807, 2.05) is 0 Å². The molecule has 0 aliphatic rings. The lowest BCUT2D eigenvalue weighted by Gasteiger charge is -2.09. The highest BCUT2D eigenvalue weighted by Gasteiger charge is 2.33. The highest BCUT2D eigenvalue weighted by Crippen LogP contribution is 2.30. The Bertz CT molecular complexity index is 347. The van der Waals surface area contributed by atoms with Crippen LogP contribution in [0.4, 0.5) is 22.0 Å². The van der Waals surface area contributed by atoms with Crippen LogP contribution in [-0.2, 0) is 0 Å². The quantitative estimate of drug-likeness (QED) is 0.728. The number of hydrogen-bond donors (Lipinski definition) is 1. The zero-order valence-electron chi connectivity index (χ0n) is 6.40. The lowest BCUT2D eigenvalue weighted by Crippen LogP contribution is -2.18. The SMILES string of the molecule is Oc1ccc(OC(F)(F)F)c(F)c1F. The van der Waals surface area contributed by atoms with Gasteiger partial charge in [0.05, 0.1) is 0 Å². The Kier molecular flexibility index (Phi) is 2.50. The molecule has 78 valence electrons. The van der Waals surface area contributed by atoms with Crippen molar-refractivity contribution in [1.82, 2.24) is 0 Å². The first-order valence-electron chi connectivity index (χ1n) is 3.24. The van der Waals surface area contributed by atoms with Crippen LogP contribution in [0.5, 0.6) is 11.5 Å². The van der Waals surface area contributed by atoms with Gasteiger partial charge in [0, 0.05) is 0 Å². The Balaban J connectivity index is 3.06. The van der Waals surface area contributed by atoms with Crippen molar-refractivity contribution in [3.63, 3.8) is 0 Å². The standard InChI is InChI=1S/C7H3F5O2/c8-5-3(13)1-2-4(6(5)9)14-7(10,11)12/h1-2,13H. The van der Waals surface area contributed by atoms with Crippen molar-refractivity contribution in [2.75, 3.05) is 0 Å². The molecule has 0 amide bonds. The molecule has 0 radical (unpaired) electrons. The molecule has 1 aromatic rings. The second-order valence-electron chi connectivity index (χ2n) is 2.26. The van der Waals surface area contributed by atoms with Crippen molar-refractivity contribution in [2.45, 2.75) is 6.36 Å². The van der Waals surface area contributed by atoms with Gasteiger partial charge < -0.3 is 9.84 Å². The summed E-state index contributed by atoms with van der Waals surface area (Å²) in [7, 11) is 0.